The number of thiophene rings is 1. The first-order valence-electron chi connectivity index (χ1n) is 10.1. The molecule has 0 radical (unpaired) electrons. The fourth-order valence-electron chi connectivity index (χ4n) is 4.16. The lowest BCUT2D eigenvalue weighted by atomic mass is 9.90. The van der Waals surface area contributed by atoms with Gasteiger partial charge in [-0.15, -0.1) is 11.3 Å². The van der Waals surface area contributed by atoms with Crippen LogP contribution in [0.1, 0.15) is 68.6 Å². The number of carbonyl (C=O) groups is 1. The van der Waals surface area contributed by atoms with Crippen LogP contribution in [0.2, 0.25) is 0 Å². The molecule has 0 spiro atoms. The van der Waals surface area contributed by atoms with Gasteiger partial charge in [-0.1, -0.05) is 24.6 Å². The molecule has 30 heavy (non-hydrogen) atoms. The van der Waals surface area contributed by atoms with E-state index in [-0.39, 0.29) is 5.41 Å². The molecule has 0 bridgehead atoms. The second kappa shape index (κ2) is 7.62. The van der Waals surface area contributed by atoms with E-state index in [9.17, 15) is 14.1 Å². The number of rotatable bonds is 4. The number of fused-ring (bicyclic) bond motifs is 2. The summed E-state index contributed by atoms with van der Waals surface area (Å²) in [5.74, 6) is 0. The topological polar surface area (TPSA) is 104 Å². The molecule has 2 amide bonds. The van der Waals surface area contributed by atoms with Gasteiger partial charge in [-0.2, -0.15) is 0 Å². The molecular formula is C21H27N4O3S2-. The van der Waals surface area contributed by atoms with Crippen LogP contribution in [0.15, 0.2) is 15.8 Å². The monoisotopic (exact) mass is 447 g/mol. The zero-order chi connectivity index (χ0) is 21.7. The van der Waals surface area contributed by atoms with Gasteiger partial charge in [-0.3, -0.25) is 9.35 Å². The van der Waals surface area contributed by atoms with Crippen LogP contribution in [-0.2, 0) is 45.3 Å². The highest BCUT2D eigenvalue weighted by Crippen LogP contribution is 2.44. The van der Waals surface area contributed by atoms with Gasteiger partial charge in [0.05, 0.1) is 22.0 Å². The Morgan fingerprint density at radius 3 is 2.77 bits per heavy atom. The molecule has 2 aliphatic carbocycles. The van der Waals surface area contributed by atoms with Crippen molar-refractivity contribution >= 4 is 38.8 Å². The van der Waals surface area contributed by atoms with Gasteiger partial charge in [0, 0.05) is 11.1 Å². The lowest BCUT2D eigenvalue weighted by molar-refractivity contribution is 0.0791. The average Bonchev–Trinajstić information content (AvgIpc) is 3.34. The summed E-state index contributed by atoms with van der Waals surface area (Å²) in [5.41, 5.74) is 4.86. The molecule has 162 valence electrons. The molecule has 0 fully saturated rings. The number of carbonyl (C=O) groups excluding carboxylic acids is 1. The molecule has 4 rings (SSSR count). The number of aliphatic hydroxyl groups is 1. The van der Waals surface area contributed by atoms with Crippen molar-refractivity contribution in [2.75, 3.05) is 10.0 Å². The molecule has 3 N–H and O–H groups in total. The summed E-state index contributed by atoms with van der Waals surface area (Å²) in [6, 6.07) is 1.08. The van der Waals surface area contributed by atoms with E-state index in [1.165, 1.54) is 11.3 Å². The minimum Gasteiger partial charge on any atom is -0.427 e. The Kier molecular flexibility index (Phi) is 5.40. The quantitative estimate of drug-likeness (QED) is 0.586. The first kappa shape index (κ1) is 21.3. The molecule has 0 aliphatic heterocycles. The lowest BCUT2D eigenvalue weighted by Crippen LogP contribution is -2.17. The van der Waals surface area contributed by atoms with E-state index in [0.29, 0.717) is 10.6 Å². The molecule has 2 aromatic heterocycles. The van der Waals surface area contributed by atoms with Crippen LogP contribution in [0.4, 0.5) is 15.5 Å². The number of urea groups is 1. The first-order valence-corrected chi connectivity index (χ1v) is 12.1. The van der Waals surface area contributed by atoms with E-state index >= 15 is 0 Å². The standard InChI is InChI=1S/C21H27N4O3S2/c1-20(2)9-8-14-17(13-6-5-7-15(13)22-18(14)20)23-19(26)25-30(28)24-16-10-12(11-29-16)21(3,4)27/h10-11,27H,5-9H2,1-4H3,(H2,22,23,24,25,26,28)/q-1. The fraction of sp³-hybridized carbons (Fsp3) is 0.524. The van der Waals surface area contributed by atoms with Crippen LogP contribution in [0, 0.1) is 0 Å². The largest absolute Gasteiger partial charge is 0.427 e. The molecule has 0 saturated heterocycles. The van der Waals surface area contributed by atoms with Gasteiger partial charge in [0.1, 0.15) is 0 Å². The summed E-state index contributed by atoms with van der Waals surface area (Å²) >= 11 is 1.30. The number of hydrogen-bond donors (Lipinski definition) is 3. The fourth-order valence-corrected chi connectivity index (χ4v) is 5.84. The summed E-state index contributed by atoms with van der Waals surface area (Å²) in [7, 11) is -1.92. The summed E-state index contributed by atoms with van der Waals surface area (Å²) < 4.78 is 18.8. The van der Waals surface area contributed by atoms with Crippen molar-refractivity contribution in [3.63, 3.8) is 0 Å². The van der Waals surface area contributed by atoms with Crippen molar-refractivity contribution in [2.24, 2.45) is 4.36 Å². The first-order chi connectivity index (χ1) is 14.0. The Labute approximate surface area is 182 Å². The predicted octanol–water partition coefficient (Wildman–Crippen LogP) is 4.79. The number of aromatic nitrogens is 1. The maximum Gasteiger partial charge on any atom is 0.323 e. The van der Waals surface area contributed by atoms with Gasteiger partial charge in [0.2, 0.25) is 0 Å². The van der Waals surface area contributed by atoms with Crippen LogP contribution < -0.4 is 10.0 Å². The van der Waals surface area contributed by atoms with Gasteiger partial charge < -0.3 is 19.4 Å². The number of anilines is 2. The maximum atomic E-state index is 12.6. The van der Waals surface area contributed by atoms with Crippen molar-refractivity contribution in [3.05, 3.63) is 39.5 Å². The molecule has 7 nitrogen and oxygen atoms in total. The number of nitrogens with one attached hydrogen (secondary N) is 2. The van der Waals surface area contributed by atoms with Crippen molar-refractivity contribution in [1.29, 1.82) is 0 Å². The second-order valence-electron chi connectivity index (χ2n) is 9.11. The highest BCUT2D eigenvalue weighted by Gasteiger charge is 2.36. The molecule has 0 unspecified atom stereocenters. The van der Waals surface area contributed by atoms with E-state index in [1.807, 2.05) is 0 Å². The average molecular weight is 448 g/mol. The van der Waals surface area contributed by atoms with Gasteiger partial charge in [0.15, 0.2) is 0 Å². The van der Waals surface area contributed by atoms with E-state index in [0.717, 1.165) is 60.3 Å². The van der Waals surface area contributed by atoms with E-state index in [2.05, 4.69) is 28.2 Å². The summed E-state index contributed by atoms with van der Waals surface area (Å²) in [4.78, 5) is 17.5. The summed E-state index contributed by atoms with van der Waals surface area (Å²) in [6.45, 7) is 7.73. The Hall–Kier alpha value is -1.97. The third kappa shape index (κ3) is 4.10. The van der Waals surface area contributed by atoms with Gasteiger partial charge in [-0.05, 0) is 74.1 Å². The molecule has 0 atom stereocenters. The van der Waals surface area contributed by atoms with Crippen molar-refractivity contribution < 1.29 is 14.1 Å². The second-order valence-corrected chi connectivity index (χ2v) is 10.9. The van der Waals surface area contributed by atoms with Crippen LogP contribution >= 0.6 is 11.3 Å². The Balaban J connectivity index is 1.55. The third-order valence-electron chi connectivity index (χ3n) is 5.86. The Morgan fingerprint density at radius 1 is 1.30 bits per heavy atom. The van der Waals surface area contributed by atoms with Crippen molar-refractivity contribution in [1.82, 2.24) is 4.98 Å². The third-order valence-corrected chi connectivity index (χ3v) is 7.56. The number of aryl methyl sites for hydroxylation is 1. The molecule has 9 heteroatoms. The van der Waals surface area contributed by atoms with Gasteiger partial charge in [-0.25, -0.2) is 4.79 Å². The predicted molar refractivity (Wildman–Crippen MR) is 120 cm³/mol. The zero-order valence-corrected chi connectivity index (χ0v) is 19.3. The van der Waals surface area contributed by atoms with Crippen LogP contribution in [0.3, 0.4) is 0 Å². The van der Waals surface area contributed by atoms with Crippen LogP contribution in [0.5, 0.6) is 0 Å². The number of hydrogen-bond acceptors (Lipinski definition) is 6. The highest BCUT2D eigenvalue weighted by atomic mass is 32.2. The van der Waals surface area contributed by atoms with Crippen LogP contribution in [-0.4, -0.2) is 16.1 Å². The SMILES string of the molecule is CC(C)(O)c1csc(N[S-](=O)=NC(=O)Nc2c3c(nc4c2CCC4(C)C)CCC3)c1. The minimum absolute atomic E-state index is 0.00862. The number of amides is 2. The van der Waals surface area contributed by atoms with Crippen molar-refractivity contribution in [3.8, 4) is 0 Å². The molecule has 0 saturated carbocycles. The smallest absolute Gasteiger partial charge is 0.323 e. The zero-order valence-electron chi connectivity index (χ0n) is 17.7. The maximum absolute atomic E-state index is 12.6. The highest BCUT2D eigenvalue weighted by molar-refractivity contribution is 7.76. The van der Waals surface area contributed by atoms with E-state index < -0.39 is 22.4 Å². The molecule has 2 aliphatic rings. The molecule has 2 heterocycles. The van der Waals surface area contributed by atoms with Crippen LogP contribution in [0.25, 0.3) is 0 Å². The molecular weight excluding hydrogens is 420 g/mol. The molecule has 0 aromatic carbocycles. The molecule has 2 aromatic rings. The summed E-state index contributed by atoms with van der Waals surface area (Å²) in [5, 5.41) is 15.3. The van der Waals surface area contributed by atoms with Gasteiger partial charge >= 0.3 is 6.03 Å². The van der Waals surface area contributed by atoms with Gasteiger partial charge in [0.25, 0.3) is 0 Å². The van der Waals surface area contributed by atoms with E-state index in [4.69, 9.17) is 4.98 Å². The Bertz CT molecular complexity index is 1090. The minimum atomic E-state index is -1.92. The normalized spacial score (nSPS) is 18.2. The van der Waals surface area contributed by atoms with Crippen molar-refractivity contribution in [2.45, 2.75) is 70.8 Å². The lowest BCUT2D eigenvalue weighted by Gasteiger charge is -2.20. The number of nitrogens with zero attached hydrogens (tertiary/aromatic N) is 2. The Morgan fingerprint density at radius 2 is 2.07 bits per heavy atom. The number of pyridine rings is 1. The summed E-state index contributed by atoms with van der Waals surface area (Å²) in [6.07, 6.45) is 4.71. The van der Waals surface area contributed by atoms with E-state index in [1.54, 1.807) is 25.3 Å².